The molecule has 0 saturated carbocycles. The van der Waals surface area contributed by atoms with Crippen molar-refractivity contribution in [3.8, 4) is 0 Å². The van der Waals surface area contributed by atoms with Gasteiger partial charge < -0.3 is 0 Å². The molecule has 0 aliphatic rings. The van der Waals surface area contributed by atoms with E-state index in [0.717, 1.165) is 0 Å². The van der Waals surface area contributed by atoms with E-state index in [-0.39, 0.29) is 29.2 Å². The minimum atomic E-state index is 0. The van der Waals surface area contributed by atoms with Crippen molar-refractivity contribution in [2.75, 3.05) is 5.75 Å². The van der Waals surface area contributed by atoms with Crippen molar-refractivity contribution in [1.29, 1.82) is 0 Å². The van der Waals surface area contributed by atoms with Gasteiger partial charge in [0.1, 0.15) is 0 Å². The van der Waals surface area contributed by atoms with Gasteiger partial charge in [-0.2, -0.15) is 3.89 Å². The Kier molecular flexibility index (Phi) is 14.8. The summed E-state index contributed by atoms with van der Waals surface area (Å²) in [4.78, 5) is 0. The molecule has 1 radical (unpaired) electrons. The second kappa shape index (κ2) is 9.11. The van der Waals surface area contributed by atoms with Crippen LogP contribution in [0.2, 0.25) is 0 Å². The molecular weight excluding hydrogens is 151 g/mol. The van der Waals surface area contributed by atoms with Crippen LogP contribution in [0.25, 0.3) is 0 Å². The van der Waals surface area contributed by atoms with E-state index < -0.39 is 0 Å². The fourth-order valence-electron chi connectivity index (χ4n) is 0.0445. The average molecular weight is 156 g/mol. The van der Waals surface area contributed by atoms with Crippen LogP contribution in [0.5, 0.6) is 0 Å². The van der Waals surface area contributed by atoms with Crippen molar-refractivity contribution in [3.05, 3.63) is 12.7 Å². The van der Waals surface area contributed by atoms with E-state index in [2.05, 4.69) is 6.58 Å². The van der Waals surface area contributed by atoms with E-state index in [4.69, 9.17) is 0 Å². The molecular formula is C3H5CuFS. The van der Waals surface area contributed by atoms with E-state index in [1.807, 2.05) is 0 Å². The average Bonchev–Trinajstić information content (AvgIpc) is 1.41. The maximum Gasteiger partial charge on any atom is 0.0484 e. The zero-order valence-corrected chi connectivity index (χ0v) is 4.84. The standard InChI is InChI=1S/C3H5FS.Cu/c1-2-3-5-4;/h2H,1,3H2;. The van der Waals surface area contributed by atoms with Crippen molar-refractivity contribution in [1.82, 2.24) is 0 Å². The van der Waals surface area contributed by atoms with Gasteiger partial charge in [-0.3, -0.25) is 0 Å². The molecule has 0 aromatic heterocycles. The first-order chi connectivity index (χ1) is 2.41. The summed E-state index contributed by atoms with van der Waals surface area (Å²) >= 11 is 0.284. The van der Waals surface area contributed by atoms with Crippen molar-refractivity contribution in [2.45, 2.75) is 0 Å². The summed E-state index contributed by atoms with van der Waals surface area (Å²) in [5, 5.41) is 0. The van der Waals surface area contributed by atoms with Crippen molar-refractivity contribution >= 4 is 12.1 Å². The third-order valence-electron chi connectivity index (χ3n) is 0.181. The summed E-state index contributed by atoms with van der Waals surface area (Å²) in [6.07, 6.45) is 1.52. The Hall–Kier alpha value is 0.539. The van der Waals surface area contributed by atoms with Gasteiger partial charge in [0.05, 0.1) is 0 Å². The van der Waals surface area contributed by atoms with Gasteiger partial charge in [0, 0.05) is 35.0 Å². The predicted molar refractivity (Wildman–Crippen MR) is 23.8 cm³/mol. The van der Waals surface area contributed by atoms with Crippen LogP contribution < -0.4 is 0 Å². The maximum atomic E-state index is 10.8. The smallest absolute Gasteiger partial charge is 0.0484 e. The molecule has 6 heavy (non-hydrogen) atoms. The van der Waals surface area contributed by atoms with E-state index in [1.54, 1.807) is 0 Å². The maximum absolute atomic E-state index is 10.8. The molecule has 0 aromatic rings. The van der Waals surface area contributed by atoms with E-state index >= 15 is 0 Å². The Bertz CT molecular complexity index is 32.0. The molecule has 0 N–H and O–H groups in total. The quantitative estimate of drug-likeness (QED) is 0.433. The molecule has 0 rings (SSSR count). The molecule has 0 atom stereocenters. The van der Waals surface area contributed by atoms with Gasteiger partial charge in [-0.05, 0) is 0 Å². The Morgan fingerprint density at radius 2 is 2.33 bits per heavy atom. The fourth-order valence-corrected chi connectivity index (χ4v) is 0.134. The minimum absolute atomic E-state index is 0. The van der Waals surface area contributed by atoms with Crippen molar-refractivity contribution in [3.63, 3.8) is 0 Å². The van der Waals surface area contributed by atoms with Crippen LogP contribution in [0.15, 0.2) is 12.7 Å². The third-order valence-corrected chi connectivity index (χ3v) is 0.543. The molecule has 0 amide bonds. The molecule has 41 valence electrons. The first-order valence-corrected chi connectivity index (χ1v) is 2.15. The molecule has 0 saturated heterocycles. The summed E-state index contributed by atoms with van der Waals surface area (Å²) in [7, 11) is 0. The number of hydrogen-bond acceptors (Lipinski definition) is 1. The Labute approximate surface area is 52.0 Å². The second-order valence-corrected chi connectivity index (χ2v) is 1.12. The molecule has 0 fully saturated rings. The monoisotopic (exact) mass is 155 g/mol. The summed E-state index contributed by atoms with van der Waals surface area (Å²) in [5.41, 5.74) is 0. The largest absolute Gasteiger partial charge is 0.165 e. The SMILES string of the molecule is C=CCSF.[Cu]. The number of halogens is 1. The van der Waals surface area contributed by atoms with Crippen LogP contribution in [-0.4, -0.2) is 5.75 Å². The van der Waals surface area contributed by atoms with Gasteiger partial charge in [-0.1, -0.05) is 6.08 Å². The van der Waals surface area contributed by atoms with Crippen LogP contribution in [0.3, 0.4) is 0 Å². The zero-order chi connectivity index (χ0) is 4.12. The molecule has 0 aliphatic heterocycles. The van der Waals surface area contributed by atoms with Crippen molar-refractivity contribution in [2.24, 2.45) is 0 Å². The molecule has 3 heteroatoms. The Morgan fingerprint density at radius 1 is 1.83 bits per heavy atom. The Morgan fingerprint density at radius 3 is 2.33 bits per heavy atom. The predicted octanol–water partition coefficient (Wildman–Crippen LogP) is 1.79. The number of hydrogen-bond donors (Lipinski definition) is 0. The van der Waals surface area contributed by atoms with Gasteiger partial charge in [-0.25, -0.2) is 0 Å². The van der Waals surface area contributed by atoms with Crippen LogP contribution in [0.1, 0.15) is 0 Å². The molecule has 0 aromatic carbocycles. The molecule has 0 bridgehead atoms. The van der Waals surface area contributed by atoms with Gasteiger partial charge in [-0.15, -0.1) is 6.58 Å². The second-order valence-electron chi connectivity index (χ2n) is 0.564. The van der Waals surface area contributed by atoms with Crippen LogP contribution in [-0.2, 0) is 17.1 Å². The van der Waals surface area contributed by atoms with Gasteiger partial charge in [0.2, 0.25) is 0 Å². The summed E-state index contributed by atoms with van der Waals surface area (Å²) in [5.74, 6) is 0.403. The summed E-state index contributed by atoms with van der Waals surface area (Å²) in [6, 6.07) is 0. The summed E-state index contributed by atoms with van der Waals surface area (Å²) < 4.78 is 10.8. The van der Waals surface area contributed by atoms with Gasteiger partial charge in [0.15, 0.2) is 0 Å². The first-order valence-electron chi connectivity index (χ1n) is 1.26. The first kappa shape index (κ1) is 9.74. The number of rotatable bonds is 2. The topological polar surface area (TPSA) is 0 Å². The van der Waals surface area contributed by atoms with Crippen molar-refractivity contribution < 1.29 is 21.0 Å². The molecule has 0 heterocycles. The van der Waals surface area contributed by atoms with Gasteiger partial charge in [0.25, 0.3) is 0 Å². The van der Waals surface area contributed by atoms with E-state index in [9.17, 15) is 3.89 Å². The summed E-state index contributed by atoms with van der Waals surface area (Å²) in [6.45, 7) is 3.29. The fraction of sp³-hybridized carbons (Fsp3) is 0.333. The Balaban J connectivity index is 0. The molecule has 0 nitrogen and oxygen atoms in total. The zero-order valence-electron chi connectivity index (χ0n) is 3.08. The van der Waals surface area contributed by atoms with Crippen LogP contribution in [0, 0.1) is 0 Å². The van der Waals surface area contributed by atoms with E-state index in [0.29, 0.717) is 5.75 Å². The minimum Gasteiger partial charge on any atom is -0.165 e. The third kappa shape index (κ3) is 8.82. The normalized spacial score (nSPS) is 6.17. The van der Waals surface area contributed by atoms with Crippen LogP contribution in [0.4, 0.5) is 3.89 Å². The van der Waals surface area contributed by atoms with Gasteiger partial charge >= 0.3 is 0 Å². The molecule has 0 spiro atoms. The molecule has 0 aliphatic carbocycles. The van der Waals surface area contributed by atoms with Crippen LogP contribution >= 0.6 is 12.1 Å². The van der Waals surface area contributed by atoms with E-state index in [1.165, 1.54) is 6.08 Å². The molecule has 0 unspecified atom stereocenters.